The minimum atomic E-state index is -0.00379. The van der Waals surface area contributed by atoms with Crippen LogP contribution in [0.15, 0.2) is 6.07 Å². The van der Waals surface area contributed by atoms with Gasteiger partial charge in [0.1, 0.15) is 0 Å². The SMILES string of the molecule is CCOCCNC(=O)c1cc(C)c(C)s1. The number of amides is 1. The molecular weight excluding hydrogens is 210 g/mol. The molecule has 0 unspecified atom stereocenters. The molecule has 0 fully saturated rings. The van der Waals surface area contributed by atoms with Crippen molar-refractivity contribution >= 4 is 17.2 Å². The second kappa shape index (κ2) is 5.88. The zero-order valence-corrected chi connectivity index (χ0v) is 10.2. The molecule has 0 saturated carbocycles. The maximum absolute atomic E-state index is 11.6. The molecule has 1 rings (SSSR count). The van der Waals surface area contributed by atoms with Gasteiger partial charge in [-0.2, -0.15) is 0 Å². The van der Waals surface area contributed by atoms with Crippen LogP contribution in [0.5, 0.6) is 0 Å². The lowest BCUT2D eigenvalue weighted by Crippen LogP contribution is -2.26. The van der Waals surface area contributed by atoms with E-state index in [9.17, 15) is 4.79 Å². The van der Waals surface area contributed by atoms with Crippen LogP contribution in [0.25, 0.3) is 0 Å². The van der Waals surface area contributed by atoms with E-state index in [-0.39, 0.29) is 5.91 Å². The summed E-state index contributed by atoms with van der Waals surface area (Å²) in [6.07, 6.45) is 0. The lowest BCUT2D eigenvalue weighted by atomic mass is 10.3. The molecule has 3 nitrogen and oxygen atoms in total. The van der Waals surface area contributed by atoms with E-state index in [4.69, 9.17) is 4.74 Å². The van der Waals surface area contributed by atoms with Gasteiger partial charge in [-0.05, 0) is 32.4 Å². The third-order valence-corrected chi connectivity index (χ3v) is 3.28. The van der Waals surface area contributed by atoms with Crippen molar-refractivity contribution in [3.63, 3.8) is 0 Å². The number of carbonyl (C=O) groups is 1. The topological polar surface area (TPSA) is 38.3 Å². The largest absolute Gasteiger partial charge is 0.380 e. The molecule has 0 aromatic carbocycles. The minimum Gasteiger partial charge on any atom is -0.380 e. The number of aryl methyl sites for hydroxylation is 2. The lowest BCUT2D eigenvalue weighted by molar-refractivity contribution is 0.0926. The van der Waals surface area contributed by atoms with Gasteiger partial charge < -0.3 is 10.1 Å². The maximum atomic E-state index is 11.6. The Labute approximate surface area is 94.5 Å². The fourth-order valence-electron chi connectivity index (χ4n) is 1.15. The Kier molecular flexibility index (Phi) is 4.78. The lowest BCUT2D eigenvalue weighted by Gasteiger charge is -2.02. The van der Waals surface area contributed by atoms with Crippen molar-refractivity contribution in [2.45, 2.75) is 20.8 Å². The summed E-state index contributed by atoms with van der Waals surface area (Å²) in [5.41, 5.74) is 1.18. The summed E-state index contributed by atoms with van der Waals surface area (Å²) in [4.78, 5) is 13.6. The van der Waals surface area contributed by atoms with E-state index in [1.54, 1.807) is 0 Å². The predicted octanol–water partition coefficient (Wildman–Crippen LogP) is 2.13. The number of hydrogen-bond acceptors (Lipinski definition) is 3. The van der Waals surface area contributed by atoms with Crippen molar-refractivity contribution < 1.29 is 9.53 Å². The van der Waals surface area contributed by atoms with Crippen molar-refractivity contribution in [2.75, 3.05) is 19.8 Å². The molecule has 1 N–H and O–H groups in total. The van der Waals surface area contributed by atoms with Gasteiger partial charge in [-0.15, -0.1) is 11.3 Å². The molecule has 15 heavy (non-hydrogen) atoms. The highest BCUT2D eigenvalue weighted by molar-refractivity contribution is 7.14. The fourth-order valence-corrected chi connectivity index (χ4v) is 2.10. The predicted molar refractivity (Wildman–Crippen MR) is 62.6 cm³/mol. The van der Waals surface area contributed by atoms with Crippen LogP contribution >= 0.6 is 11.3 Å². The molecule has 0 radical (unpaired) electrons. The van der Waals surface area contributed by atoms with E-state index < -0.39 is 0 Å². The smallest absolute Gasteiger partial charge is 0.261 e. The third-order valence-electron chi connectivity index (χ3n) is 2.13. The summed E-state index contributed by atoms with van der Waals surface area (Å²) < 4.78 is 5.14. The van der Waals surface area contributed by atoms with Crippen molar-refractivity contribution in [1.29, 1.82) is 0 Å². The molecule has 0 aliphatic heterocycles. The Balaban J connectivity index is 2.40. The van der Waals surface area contributed by atoms with E-state index >= 15 is 0 Å². The summed E-state index contributed by atoms with van der Waals surface area (Å²) >= 11 is 1.53. The van der Waals surface area contributed by atoms with Gasteiger partial charge in [0.2, 0.25) is 0 Å². The van der Waals surface area contributed by atoms with Gasteiger partial charge in [0.05, 0.1) is 11.5 Å². The standard InChI is InChI=1S/C11H17NO2S/c1-4-14-6-5-12-11(13)10-7-8(2)9(3)15-10/h7H,4-6H2,1-3H3,(H,12,13). The number of hydrogen-bond donors (Lipinski definition) is 1. The number of rotatable bonds is 5. The summed E-state index contributed by atoms with van der Waals surface area (Å²) in [5, 5.41) is 2.82. The highest BCUT2D eigenvalue weighted by Crippen LogP contribution is 2.20. The Hall–Kier alpha value is -0.870. The van der Waals surface area contributed by atoms with Gasteiger partial charge in [-0.1, -0.05) is 0 Å². The van der Waals surface area contributed by atoms with Crippen LogP contribution in [0.4, 0.5) is 0 Å². The Morgan fingerprint density at radius 2 is 2.27 bits per heavy atom. The summed E-state index contributed by atoms with van der Waals surface area (Å²) in [5.74, 6) is -0.00379. The molecule has 0 bridgehead atoms. The average Bonchev–Trinajstić information content (AvgIpc) is 2.54. The molecular formula is C11H17NO2S. The molecule has 0 saturated heterocycles. The van der Waals surface area contributed by atoms with E-state index in [0.29, 0.717) is 19.8 Å². The highest BCUT2D eigenvalue weighted by atomic mass is 32.1. The Bertz CT molecular complexity index is 314. The average molecular weight is 227 g/mol. The van der Waals surface area contributed by atoms with Crippen LogP contribution in [0.1, 0.15) is 27.0 Å². The third kappa shape index (κ3) is 3.64. The first kappa shape index (κ1) is 12.2. The van der Waals surface area contributed by atoms with Gasteiger partial charge in [-0.25, -0.2) is 0 Å². The van der Waals surface area contributed by atoms with Crippen LogP contribution < -0.4 is 5.32 Å². The molecule has 0 aliphatic carbocycles. The van der Waals surface area contributed by atoms with Crippen molar-refractivity contribution in [3.05, 3.63) is 21.4 Å². The number of ether oxygens (including phenoxy) is 1. The van der Waals surface area contributed by atoms with Crippen LogP contribution in [-0.4, -0.2) is 25.7 Å². The molecule has 1 heterocycles. The molecule has 0 aliphatic rings. The van der Waals surface area contributed by atoms with Crippen LogP contribution in [0.2, 0.25) is 0 Å². The molecule has 1 aromatic heterocycles. The first-order valence-electron chi connectivity index (χ1n) is 5.08. The van der Waals surface area contributed by atoms with Gasteiger partial charge in [0.25, 0.3) is 5.91 Å². The van der Waals surface area contributed by atoms with Crippen LogP contribution in [-0.2, 0) is 4.74 Å². The molecule has 4 heteroatoms. The summed E-state index contributed by atoms with van der Waals surface area (Å²) in [7, 11) is 0. The molecule has 1 aromatic rings. The second-order valence-electron chi connectivity index (χ2n) is 3.30. The minimum absolute atomic E-state index is 0.00379. The summed E-state index contributed by atoms with van der Waals surface area (Å²) in [6, 6.07) is 1.93. The van der Waals surface area contributed by atoms with Crippen molar-refractivity contribution in [1.82, 2.24) is 5.32 Å². The van der Waals surface area contributed by atoms with Crippen LogP contribution in [0, 0.1) is 13.8 Å². The first-order valence-corrected chi connectivity index (χ1v) is 5.89. The quantitative estimate of drug-likeness (QED) is 0.783. The van der Waals surface area contributed by atoms with E-state index in [1.807, 2.05) is 26.8 Å². The van der Waals surface area contributed by atoms with E-state index in [2.05, 4.69) is 5.32 Å². The molecule has 1 amide bonds. The van der Waals surface area contributed by atoms with Gasteiger partial charge >= 0.3 is 0 Å². The van der Waals surface area contributed by atoms with Gasteiger partial charge in [0, 0.05) is 18.0 Å². The Morgan fingerprint density at radius 3 is 2.80 bits per heavy atom. The van der Waals surface area contributed by atoms with Crippen molar-refractivity contribution in [2.24, 2.45) is 0 Å². The zero-order valence-electron chi connectivity index (χ0n) is 9.42. The highest BCUT2D eigenvalue weighted by Gasteiger charge is 2.09. The first-order chi connectivity index (χ1) is 7.15. The zero-order chi connectivity index (χ0) is 11.3. The van der Waals surface area contributed by atoms with Crippen molar-refractivity contribution in [3.8, 4) is 0 Å². The molecule has 0 spiro atoms. The molecule has 84 valence electrons. The van der Waals surface area contributed by atoms with Gasteiger partial charge in [-0.3, -0.25) is 4.79 Å². The number of thiophene rings is 1. The van der Waals surface area contributed by atoms with E-state index in [0.717, 1.165) is 4.88 Å². The maximum Gasteiger partial charge on any atom is 0.261 e. The second-order valence-corrected chi connectivity index (χ2v) is 4.56. The number of nitrogens with one attached hydrogen (secondary N) is 1. The molecule has 0 atom stereocenters. The normalized spacial score (nSPS) is 10.3. The monoisotopic (exact) mass is 227 g/mol. The van der Waals surface area contributed by atoms with Gasteiger partial charge in [0.15, 0.2) is 0 Å². The van der Waals surface area contributed by atoms with E-state index in [1.165, 1.54) is 21.8 Å². The Morgan fingerprint density at radius 1 is 1.53 bits per heavy atom. The van der Waals surface area contributed by atoms with Crippen LogP contribution in [0.3, 0.4) is 0 Å². The fraction of sp³-hybridized carbons (Fsp3) is 0.545. The summed E-state index contributed by atoms with van der Waals surface area (Å²) in [6.45, 7) is 7.81. The number of carbonyl (C=O) groups excluding carboxylic acids is 1.